The fraction of sp³-hybridized carbons (Fsp3) is 0.474. The Morgan fingerprint density at radius 2 is 1.95 bits per heavy atom. The molecule has 0 radical (unpaired) electrons. The molecule has 3 atom stereocenters. The molecule has 1 nitrogen and oxygen atoms in total. The van der Waals surface area contributed by atoms with Crippen LogP contribution >= 0.6 is 11.3 Å². The third-order valence-corrected chi connectivity index (χ3v) is 6.45. The molecule has 0 amide bonds. The number of hydrogen-bond acceptors (Lipinski definition) is 2. The number of thiophene rings is 1. The summed E-state index contributed by atoms with van der Waals surface area (Å²) in [5.41, 5.74) is 3.16. The number of rotatable bonds is 4. The van der Waals surface area contributed by atoms with Gasteiger partial charge in [-0.1, -0.05) is 30.3 Å². The molecular weight excluding hydrogens is 274 g/mol. The van der Waals surface area contributed by atoms with Gasteiger partial charge in [0.2, 0.25) is 0 Å². The first-order chi connectivity index (χ1) is 10.4. The molecule has 0 saturated heterocycles. The van der Waals surface area contributed by atoms with Crippen LogP contribution in [0.5, 0.6) is 0 Å². The maximum Gasteiger partial charge on any atom is 0.0447 e. The normalized spacial score (nSPS) is 25.4. The molecule has 3 unspecified atom stereocenters. The van der Waals surface area contributed by atoms with Crippen LogP contribution in [-0.2, 0) is 12.8 Å². The summed E-state index contributed by atoms with van der Waals surface area (Å²) in [6.45, 7) is 0. The maximum atomic E-state index is 3.60. The molecule has 21 heavy (non-hydrogen) atoms. The average Bonchev–Trinajstić information content (AvgIpc) is 3.20. The van der Waals surface area contributed by atoms with Gasteiger partial charge in [-0.25, -0.2) is 0 Å². The van der Waals surface area contributed by atoms with Crippen molar-refractivity contribution in [3.05, 3.63) is 57.3 Å². The van der Waals surface area contributed by atoms with E-state index in [1.54, 1.807) is 15.3 Å². The van der Waals surface area contributed by atoms with Crippen LogP contribution in [0.1, 0.15) is 52.1 Å². The van der Waals surface area contributed by atoms with Gasteiger partial charge in [0.05, 0.1) is 0 Å². The molecular formula is C19H23NS. The maximum absolute atomic E-state index is 3.60. The minimum Gasteiger partial charge on any atom is -0.312 e. The lowest BCUT2D eigenvalue weighted by molar-refractivity contribution is 0.526. The Balaban J connectivity index is 1.55. The molecule has 2 aliphatic carbocycles. The molecule has 0 aliphatic heterocycles. The second-order valence-corrected chi connectivity index (χ2v) is 7.66. The predicted octanol–water partition coefficient (Wildman–Crippen LogP) is 4.69. The van der Waals surface area contributed by atoms with Crippen molar-refractivity contribution >= 4 is 11.3 Å². The van der Waals surface area contributed by atoms with Crippen LogP contribution in [-0.4, -0.2) is 7.05 Å². The molecule has 1 heterocycles. The van der Waals surface area contributed by atoms with E-state index in [9.17, 15) is 0 Å². The smallest absolute Gasteiger partial charge is 0.0447 e. The Morgan fingerprint density at radius 1 is 1.14 bits per heavy atom. The lowest BCUT2D eigenvalue weighted by Gasteiger charge is -2.14. The third-order valence-electron chi connectivity index (χ3n) is 5.13. The van der Waals surface area contributed by atoms with Crippen molar-refractivity contribution in [3.63, 3.8) is 0 Å². The average molecular weight is 297 g/mol. The van der Waals surface area contributed by atoms with Crippen LogP contribution in [0, 0.1) is 5.92 Å². The van der Waals surface area contributed by atoms with E-state index in [2.05, 4.69) is 60.1 Å². The van der Waals surface area contributed by atoms with Crippen LogP contribution in [0.2, 0.25) is 0 Å². The lowest BCUT2D eigenvalue weighted by atomic mass is 9.98. The highest BCUT2D eigenvalue weighted by molar-refractivity contribution is 7.12. The highest BCUT2D eigenvalue weighted by Gasteiger charge is 2.44. The van der Waals surface area contributed by atoms with Gasteiger partial charge in [-0.3, -0.25) is 0 Å². The Labute approximate surface area is 131 Å². The highest BCUT2D eigenvalue weighted by Crippen LogP contribution is 2.55. The first kappa shape index (κ1) is 13.5. The second-order valence-electron chi connectivity index (χ2n) is 6.49. The molecule has 2 aromatic rings. The quantitative estimate of drug-likeness (QED) is 0.863. The molecule has 2 heteroatoms. The van der Waals surface area contributed by atoms with Crippen molar-refractivity contribution in [2.45, 2.75) is 44.1 Å². The zero-order chi connectivity index (χ0) is 14.2. The lowest BCUT2D eigenvalue weighted by Crippen LogP contribution is -2.17. The van der Waals surface area contributed by atoms with Crippen molar-refractivity contribution in [2.24, 2.45) is 5.92 Å². The molecule has 1 aromatic carbocycles. The zero-order valence-electron chi connectivity index (χ0n) is 12.6. The van der Waals surface area contributed by atoms with Crippen molar-refractivity contribution < 1.29 is 0 Å². The molecule has 4 rings (SSSR count). The molecule has 1 fully saturated rings. The van der Waals surface area contributed by atoms with E-state index < -0.39 is 0 Å². The topological polar surface area (TPSA) is 12.0 Å². The second kappa shape index (κ2) is 5.58. The van der Waals surface area contributed by atoms with E-state index in [0.29, 0.717) is 6.04 Å². The number of aryl methyl sites for hydroxylation is 2. The van der Waals surface area contributed by atoms with Gasteiger partial charge in [0.15, 0.2) is 0 Å². The van der Waals surface area contributed by atoms with Gasteiger partial charge in [0.1, 0.15) is 0 Å². The number of fused-ring (bicyclic) bond motifs is 1. The van der Waals surface area contributed by atoms with E-state index in [1.807, 2.05) is 0 Å². The molecule has 1 saturated carbocycles. The Bertz CT molecular complexity index is 592. The Morgan fingerprint density at radius 3 is 2.71 bits per heavy atom. The Hall–Kier alpha value is -1.12. The molecule has 0 spiro atoms. The van der Waals surface area contributed by atoms with Crippen molar-refractivity contribution in [2.75, 3.05) is 7.05 Å². The number of hydrogen-bond donors (Lipinski definition) is 1. The Kier molecular flexibility index (Phi) is 3.60. The fourth-order valence-electron chi connectivity index (χ4n) is 3.90. The summed E-state index contributed by atoms with van der Waals surface area (Å²) in [4.78, 5) is 3.24. The zero-order valence-corrected chi connectivity index (χ0v) is 13.5. The third kappa shape index (κ3) is 2.56. The number of benzene rings is 1. The van der Waals surface area contributed by atoms with Gasteiger partial charge in [-0.15, -0.1) is 11.3 Å². The van der Waals surface area contributed by atoms with Gasteiger partial charge in [0.25, 0.3) is 0 Å². The van der Waals surface area contributed by atoms with E-state index in [-0.39, 0.29) is 0 Å². The van der Waals surface area contributed by atoms with Crippen LogP contribution in [0.3, 0.4) is 0 Å². The van der Waals surface area contributed by atoms with Gasteiger partial charge in [-0.05, 0) is 68.2 Å². The van der Waals surface area contributed by atoms with Gasteiger partial charge < -0.3 is 5.32 Å². The minimum atomic E-state index is 0.547. The summed E-state index contributed by atoms with van der Waals surface area (Å²) >= 11 is 2.07. The van der Waals surface area contributed by atoms with E-state index in [0.717, 1.165) is 11.8 Å². The first-order valence-electron chi connectivity index (χ1n) is 8.20. The standard InChI is InChI=1S/C19H23NS/c1-20-19(16-12-15(16)13-7-3-2-4-8-13)18-11-14-9-5-6-10-17(14)21-18/h2-4,7-8,11,15-16,19-20H,5-6,9-10,12H2,1H3. The number of nitrogens with one attached hydrogen (secondary N) is 1. The van der Waals surface area contributed by atoms with Crippen molar-refractivity contribution in [1.29, 1.82) is 0 Å². The monoisotopic (exact) mass is 297 g/mol. The van der Waals surface area contributed by atoms with Crippen LogP contribution < -0.4 is 5.32 Å². The van der Waals surface area contributed by atoms with Gasteiger partial charge in [0, 0.05) is 15.8 Å². The molecule has 2 aliphatic rings. The predicted molar refractivity (Wildman–Crippen MR) is 90.1 cm³/mol. The molecule has 1 N–H and O–H groups in total. The first-order valence-corrected chi connectivity index (χ1v) is 9.02. The summed E-state index contributed by atoms with van der Waals surface area (Å²) < 4.78 is 0. The van der Waals surface area contributed by atoms with Gasteiger partial charge in [-0.2, -0.15) is 0 Å². The van der Waals surface area contributed by atoms with E-state index in [1.165, 1.54) is 37.7 Å². The largest absolute Gasteiger partial charge is 0.312 e. The van der Waals surface area contributed by atoms with E-state index in [4.69, 9.17) is 0 Å². The molecule has 1 aromatic heterocycles. The highest BCUT2D eigenvalue weighted by atomic mass is 32.1. The minimum absolute atomic E-state index is 0.547. The summed E-state index contributed by atoms with van der Waals surface area (Å²) in [5, 5.41) is 3.60. The summed E-state index contributed by atoms with van der Waals surface area (Å²) in [5.74, 6) is 1.53. The van der Waals surface area contributed by atoms with E-state index >= 15 is 0 Å². The fourth-order valence-corrected chi connectivity index (χ4v) is 5.34. The molecule has 110 valence electrons. The molecule has 0 bridgehead atoms. The van der Waals surface area contributed by atoms with Gasteiger partial charge >= 0.3 is 0 Å². The summed E-state index contributed by atoms with van der Waals surface area (Å²) in [6, 6.07) is 14.1. The van der Waals surface area contributed by atoms with Crippen LogP contribution in [0.4, 0.5) is 0 Å². The van der Waals surface area contributed by atoms with Crippen LogP contribution in [0.25, 0.3) is 0 Å². The SMILES string of the molecule is CNC(c1cc2c(s1)CCCC2)C1CC1c1ccccc1. The van der Waals surface area contributed by atoms with Crippen LogP contribution in [0.15, 0.2) is 36.4 Å². The van der Waals surface area contributed by atoms with Crippen molar-refractivity contribution in [1.82, 2.24) is 5.32 Å². The van der Waals surface area contributed by atoms with Crippen molar-refractivity contribution in [3.8, 4) is 0 Å². The summed E-state index contributed by atoms with van der Waals surface area (Å²) in [7, 11) is 2.13. The summed E-state index contributed by atoms with van der Waals surface area (Å²) in [6.07, 6.45) is 6.70.